The Hall–Kier alpha value is -4.01. The van der Waals surface area contributed by atoms with Crippen LogP contribution in [-0.4, -0.2) is 35.1 Å². The minimum Gasteiger partial charge on any atom is -0.508 e. The lowest BCUT2D eigenvalue weighted by Crippen LogP contribution is -2.27. The predicted octanol–water partition coefficient (Wildman–Crippen LogP) is 3.61. The second kappa shape index (κ2) is 9.01. The maximum atomic E-state index is 14.1. The van der Waals surface area contributed by atoms with Crippen LogP contribution in [0.15, 0.2) is 73.8 Å². The lowest BCUT2D eigenvalue weighted by molar-refractivity contribution is -0.122. The zero-order chi connectivity index (χ0) is 22.7. The van der Waals surface area contributed by atoms with Gasteiger partial charge in [-0.1, -0.05) is 0 Å². The summed E-state index contributed by atoms with van der Waals surface area (Å²) in [5, 5.41) is 20.8. The van der Waals surface area contributed by atoms with Crippen LogP contribution >= 0.6 is 0 Å². The number of aromatic hydroxyl groups is 2. The molecule has 4 rings (SSSR count). The van der Waals surface area contributed by atoms with Gasteiger partial charge in [-0.25, -0.2) is 18.7 Å². The van der Waals surface area contributed by atoms with Gasteiger partial charge in [0.05, 0.1) is 24.5 Å². The molecule has 0 amide bonds. The number of hydrogen-bond acceptors (Lipinski definition) is 5. The Morgan fingerprint density at radius 2 is 1.25 bits per heavy atom. The van der Waals surface area contributed by atoms with E-state index in [4.69, 9.17) is 0 Å². The van der Waals surface area contributed by atoms with Gasteiger partial charge in [-0.2, -0.15) is 0 Å². The van der Waals surface area contributed by atoms with Gasteiger partial charge >= 0.3 is 0 Å². The van der Waals surface area contributed by atoms with Crippen molar-refractivity contribution in [3.05, 3.63) is 96.6 Å². The van der Waals surface area contributed by atoms with Gasteiger partial charge in [-0.15, -0.1) is 0 Å². The van der Waals surface area contributed by atoms with Gasteiger partial charge in [0.2, 0.25) is 0 Å². The van der Waals surface area contributed by atoms with Gasteiger partial charge in [0, 0.05) is 49.0 Å². The van der Waals surface area contributed by atoms with Crippen LogP contribution < -0.4 is 0 Å². The number of phenols is 2. The third-order valence-electron chi connectivity index (χ3n) is 5.32. The summed E-state index contributed by atoms with van der Waals surface area (Å²) in [6.45, 7) is 0.124. The Morgan fingerprint density at radius 1 is 0.812 bits per heavy atom. The van der Waals surface area contributed by atoms with Gasteiger partial charge < -0.3 is 19.3 Å². The maximum absolute atomic E-state index is 14.1. The van der Waals surface area contributed by atoms with E-state index < -0.39 is 29.3 Å². The normalized spacial score (nSPS) is 13.1. The molecular weight excluding hydrogens is 418 g/mol. The molecule has 2 unspecified atom stereocenters. The van der Waals surface area contributed by atoms with Crippen molar-refractivity contribution in [2.45, 2.75) is 24.9 Å². The van der Waals surface area contributed by atoms with Crippen molar-refractivity contribution in [2.24, 2.45) is 0 Å². The summed E-state index contributed by atoms with van der Waals surface area (Å²) < 4.78 is 31.4. The third-order valence-corrected chi connectivity index (χ3v) is 5.32. The van der Waals surface area contributed by atoms with Gasteiger partial charge in [-0.3, -0.25) is 4.79 Å². The Bertz CT molecular complexity index is 1120. The smallest absolute Gasteiger partial charge is 0.151 e. The standard InChI is InChI=1S/C23H20F2N4O3/c24-15-1-3-21(30)17(9-15)19(11-28-7-5-26-13-28)23(32)20(12-29-8-6-27-14-29)18-10-16(25)2-4-22(18)31/h1-10,13-14,19-20,30-31H,11-12H2. The molecule has 2 aromatic heterocycles. The first-order chi connectivity index (χ1) is 15.4. The van der Waals surface area contributed by atoms with E-state index in [1.165, 1.54) is 37.2 Å². The molecule has 9 heteroatoms. The van der Waals surface area contributed by atoms with E-state index in [1.807, 2.05) is 0 Å². The van der Waals surface area contributed by atoms with Crippen LogP contribution in [-0.2, 0) is 17.9 Å². The van der Waals surface area contributed by atoms with Gasteiger partial charge in [0.15, 0.2) is 5.78 Å². The molecule has 2 N–H and O–H groups in total. The summed E-state index contributed by atoms with van der Waals surface area (Å²) >= 11 is 0. The van der Waals surface area contributed by atoms with Crippen LogP contribution in [0.25, 0.3) is 0 Å². The van der Waals surface area contributed by atoms with Gasteiger partial charge in [-0.05, 0) is 36.4 Å². The molecule has 0 bridgehead atoms. The Kier molecular flexibility index (Phi) is 5.98. The molecule has 2 aromatic carbocycles. The number of rotatable bonds is 8. The highest BCUT2D eigenvalue weighted by Crippen LogP contribution is 2.37. The summed E-state index contributed by atoms with van der Waals surface area (Å²) in [5.74, 6) is -4.15. The molecule has 2 heterocycles. The van der Waals surface area contributed by atoms with Gasteiger partial charge in [0.1, 0.15) is 23.1 Å². The number of Topliss-reactive ketones (excluding diaryl/α,β-unsaturated/α-hetero) is 1. The molecular formula is C23H20F2N4O3. The highest BCUT2D eigenvalue weighted by Gasteiger charge is 2.33. The van der Waals surface area contributed by atoms with Crippen molar-refractivity contribution >= 4 is 5.78 Å². The van der Waals surface area contributed by atoms with E-state index in [0.717, 1.165) is 24.3 Å². The Labute approximate surface area is 182 Å². The van der Waals surface area contributed by atoms with Gasteiger partial charge in [0.25, 0.3) is 0 Å². The summed E-state index contributed by atoms with van der Waals surface area (Å²) in [4.78, 5) is 21.8. The highest BCUT2D eigenvalue weighted by atomic mass is 19.1. The van der Waals surface area contributed by atoms with Crippen molar-refractivity contribution in [3.63, 3.8) is 0 Å². The molecule has 0 fully saturated rings. The van der Waals surface area contributed by atoms with Crippen LogP contribution in [0.1, 0.15) is 23.0 Å². The number of benzene rings is 2. The van der Waals surface area contributed by atoms with E-state index in [9.17, 15) is 23.8 Å². The van der Waals surface area contributed by atoms with Crippen LogP contribution in [0.2, 0.25) is 0 Å². The highest BCUT2D eigenvalue weighted by molar-refractivity contribution is 5.92. The molecule has 0 aliphatic heterocycles. The molecule has 2 atom stereocenters. The largest absolute Gasteiger partial charge is 0.508 e. The molecule has 0 saturated heterocycles. The number of halogens is 2. The SMILES string of the molecule is O=C(C(Cn1ccnc1)c1cc(F)ccc1O)C(Cn1ccnc1)c1cc(F)ccc1O. The summed E-state index contributed by atoms with van der Waals surface area (Å²) in [7, 11) is 0. The first-order valence-electron chi connectivity index (χ1n) is 9.84. The van der Waals surface area contributed by atoms with E-state index >= 15 is 0 Å². The third kappa shape index (κ3) is 4.51. The average molecular weight is 438 g/mol. The van der Waals surface area contributed by atoms with E-state index in [2.05, 4.69) is 9.97 Å². The number of hydrogen-bond donors (Lipinski definition) is 2. The average Bonchev–Trinajstić information content (AvgIpc) is 3.48. The summed E-state index contributed by atoms with van der Waals surface area (Å²) in [6.07, 6.45) is 9.35. The molecule has 0 aliphatic carbocycles. The lowest BCUT2D eigenvalue weighted by atomic mass is 9.82. The minimum absolute atomic E-state index is 0.0619. The van der Waals surface area contributed by atoms with E-state index in [1.54, 1.807) is 21.5 Å². The Morgan fingerprint density at radius 3 is 1.62 bits per heavy atom. The molecule has 0 spiro atoms. The van der Waals surface area contributed by atoms with Crippen LogP contribution in [0, 0.1) is 11.6 Å². The zero-order valence-electron chi connectivity index (χ0n) is 16.8. The molecule has 164 valence electrons. The number of aromatic nitrogens is 4. The molecule has 32 heavy (non-hydrogen) atoms. The molecule has 0 saturated carbocycles. The number of carbonyl (C=O) groups is 1. The number of imidazole rings is 2. The fourth-order valence-corrected chi connectivity index (χ4v) is 3.75. The van der Waals surface area contributed by atoms with Crippen molar-refractivity contribution < 1.29 is 23.8 Å². The lowest BCUT2D eigenvalue weighted by Gasteiger charge is -2.25. The topological polar surface area (TPSA) is 93.2 Å². The summed E-state index contributed by atoms with van der Waals surface area (Å²) in [6, 6.07) is 6.77. The first-order valence-corrected chi connectivity index (χ1v) is 9.84. The second-order valence-corrected chi connectivity index (χ2v) is 7.43. The molecule has 0 radical (unpaired) electrons. The number of ketones is 1. The van der Waals surface area contributed by atoms with Crippen molar-refractivity contribution in [1.82, 2.24) is 19.1 Å². The molecule has 0 aliphatic rings. The van der Waals surface area contributed by atoms with Crippen molar-refractivity contribution in [2.75, 3.05) is 0 Å². The minimum atomic E-state index is -1.00. The molecule has 4 aromatic rings. The fraction of sp³-hybridized carbons (Fsp3) is 0.174. The second-order valence-electron chi connectivity index (χ2n) is 7.43. The fourth-order valence-electron chi connectivity index (χ4n) is 3.75. The predicted molar refractivity (Wildman–Crippen MR) is 111 cm³/mol. The first kappa shape index (κ1) is 21.2. The number of phenolic OH excluding ortho intramolecular Hbond substituents is 2. The van der Waals surface area contributed by atoms with Crippen molar-refractivity contribution in [1.29, 1.82) is 0 Å². The number of carbonyl (C=O) groups excluding carboxylic acids is 1. The van der Waals surface area contributed by atoms with E-state index in [-0.39, 0.29) is 35.7 Å². The maximum Gasteiger partial charge on any atom is 0.151 e. The quantitative estimate of drug-likeness (QED) is 0.439. The van der Waals surface area contributed by atoms with Crippen molar-refractivity contribution in [3.8, 4) is 11.5 Å². The van der Waals surface area contributed by atoms with Crippen LogP contribution in [0.3, 0.4) is 0 Å². The van der Waals surface area contributed by atoms with E-state index in [0.29, 0.717) is 0 Å². The monoisotopic (exact) mass is 438 g/mol. The number of nitrogens with zero attached hydrogens (tertiary/aromatic N) is 4. The Balaban J connectivity index is 1.81. The van der Waals surface area contributed by atoms with Crippen LogP contribution in [0.5, 0.6) is 11.5 Å². The zero-order valence-corrected chi connectivity index (χ0v) is 16.8. The van der Waals surface area contributed by atoms with Crippen LogP contribution in [0.4, 0.5) is 8.78 Å². The molecule has 7 nitrogen and oxygen atoms in total. The summed E-state index contributed by atoms with van der Waals surface area (Å²) in [5.41, 5.74) is 0.186.